The number of nitrogens with one attached hydrogen (secondary N) is 2. The maximum atomic E-state index is 13.2. The molecule has 32 heavy (non-hydrogen) atoms. The van der Waals surface area contributed by atoms with Gasteiger partial charge in [-0.15, -0.1) is 0 Å². The normalized spacial score (nSPS) is 11.7. The van der Waals surface area contributed by atoms with E-state index in [4.69, 9.17) is 4.74 Å². The number of aromatic nitrogens is 4. The summed E-state index contributed by atoms with van der Waals surface area (Å²) >= 11 is 0. The largest absolute Gasteiger partial charge is 0.497 e. The minimum atomic E-state index is -0.517. The van der Waals surface area contributed by atoms with Gasteiger partial charge < -0.3 is 14.6 Å². The number of nitrogens with zero attached hydrogens (tertiary/aromatic N) is 3. The number of methoxy groups -OCH3 is 1. The number of imidazole rings is 1. The molecule has 0 aliphatic heterocycles. The van der Waals surface area contributed by atoms with E-state index in [0.29, 0.717) is 22.8 Å². The fraction of sp³-hybridized carbons (Fsp3) is 0.130. The first kappa shape index (κ1) is 20.9. The predicted octanol–water partition coefficient (Wildman–Crippen LogP) is 1.79. The van der Waals surface area contributed by atoms with Crippen molar-refractivity contribution in [1.82, 2.24) is 24.6 Å². The van der Waals surface area contributed by atoms with E-state index in [1.54, 1.807) is 37.7 Å². The first-order valence-corrected chi connectivity index (χ1v) is 9.81. The van der Waals surface area contributed by atoms with Gasteiger partial charge in [0.2, 0.25) is 0 Å². The molecule has 0 spiro atoms. The smallest absolute Gasteiger partial charge is 0.269 e. The molecule has 0 saturated carbocycles. The summed E-state index contributed by atoms with van der Waals surface area (Å²) < 4.78 is 8.16. The van der Waals surface area contributed by atoms with E-state index in [-0.39, 0.29) is 5.91 Å². The van der Waals surface area contributed by atoms with E-state index in [0.717, 1.165) is 16.3 Å². The van der Waals surface area contributed by atoms with Crippen molar-refractivity contribution < 1.29 is 9.53 Å². The third kappa shape index (κ3) is 4.22. The van der Waals surface area contributed by atoms with Crippen molar-refractivity contribution in [3.8, 4) is 11.4 Å². The standard InChI is InChI=1S/C23H21N5O4/c1-27-13-12-24-22(27)21(15-6-8-18(32-2)9-7-15)25-23(31)16-4-3-5-17(14-16)28-20(30)11-10-19(29)26-28/h3-14,21H,1-2H3,(H,25,31)(H,26,29). The average molecular weight is 431 g/mol. The van der Waals surface area contributed by atoms with Gasteiger partial charge in [-0.2, -0.15) is 0 Å². The molecular formula is C23H21N5O4. The van der Waals surface area contributed by atoms with E-state index >= 15 is 0 Å². The molecule has 9 heteroatoms. The number of benzene rings is 2. The third-order valence-electron chi connectivity index (χ3n) is 5.03. The Bertz CT molecular complexity index is 1370. The predicted molar refractivity (Wildman–Crippen MR) is 118 cm³/mol. The summed E-state index contributed by atoms with van der Waals surface area (Å²) in [6, 6.07) is 15.6. The molecule has 1 amide bonds. The second kappa shape index (κ2) is 8.76. The van der Waals surface area contributed by atoms with Crippen LogP contribution >= 0.6 is 0 Å². The Morgan fingerprint density at radius 3 is 2.56 bits per heavy atom. The summed E-state index contributed by atoms with van der Waals surface area (Å²) in [6.07, 6.45) is 3.47. The summed E-state index contributed by atoms with van der Waals surface area (Å²) in [5.74, 6) is 0.999. The van der Waals surface area contributed by atoms with Gasteiger partial charge in [0.15, 0.2) is 0 Å². The van der Waals surface area contributed by atoms with Crippen molar-refractivity contribution in [1.29, 1.82) is 0 Å². The molecule has 9 nitrogen and oxygen atoms in total. The molecule has 1 unspecified atom stereocenters. The van der Waals surface area contributed by atoms with Crippen molar-refractivity contribution in [2.75, 3.05) is 7.11 Å². The molecule has 0 fully saturated rings. The van der Waals surface area contributed by atoms with Crippen LogP contribution in [0.25, 0.3) is 5.69 Å². The number of aromatic amines is 1. The number of hydrogen-bond donors (Lipinski definition) is 2. The summed E-state index contributed by atoms with van der Waals surface area (Å²) in [7, 11) is 3.44. The number of amides is 1. The highest BCUT2D eigenvalue weighted by atomic mass is 16.5. The van der Waals surface area contributed by atoms with E-state index in [1.807, 2.05) is 35.9 Å². The van der Waals surface area contributed by atoms with Gasteiger partial charge in [-0.3, -0.25) is 19.5 Å². The lowest BCUT2D eigenvalue weighted by molar-refractivity contribution is 0.0941. The van der Waals surface area contributed by atoms with Gasteiger partial charge >= 0.3 is 0 Å². The highest BCUT2D eigenvalue weighted by Crippen LogP contribution is 2.23. The fourth-order valence-corrected chi connectivity index (χ4v) is 3.37. The van der Waals surface area contributed by atoms with Crippen LogP contribution in [0.1, 0.15) is 27.8 Å². The molecule has 0 saturated heterocycles. The fourth-order valence-electron chi connectivity index (χ4n) is 3.37. The Labute approximate surface area is 182 Å². The van der Waals surface area contributed by atoms with Crippen LogP contribution in [0, 0.1) is 0 Å². The zero-order chi connectivity index (χ0) is 22.7. The second-order valence-electron chi connectivity index (χ2n) is 7.11. The maximum Gasteiger partial charge on any atom is 0.269 e. The molecule has 4 aromatic rings. The van der Waals surface area contributed by atoms with Crippen molar-refractivity contribution in [3.05, 3.63) is 111 Å². The molecule has 162 valence electrons. The van der Waals surface area contributed by atoms with Crippen LogP contribution in [0.3, 0.4) is 0 Å². The average Bonchev–Trinajstić information content (AvgIpc) is 3.24. The lowest BCUT2D eigenvalue weighted by atomic mass is 10.0. The number of aryl methyl sites for hydroxylation is 1. The molecule has 0 aliphatic rings. The van der Waals surface area contributed by atoms with Crippen LogP contribution in [0.4, 0.5) is 0 Å². The Balaban J connectivity index is 1.68. The second-order valence-corrected chi connectivity index (χ2v) is 7.11. The van der Waals surface area contributed by atoms with Gasteiger partial charge in [-0.05, 0) is 35.9 Å². The minimum absolute atomic E-state index is 0.326. The van der Waals surface area contributed by atoms with Crippen LogP contribution in [0.2, 0.25) is 0 Å². The van der Waals surface area contributed by atoms with Crippen LogP contribution in [-0.4, -0.2) is 32.3 Å². The Morgan fingerprint density at radius 1 is 1.09 bits per heavy atom. The van der Waals surface area contributed by atoms with Crippen LogP contribution in [0.15, 0.2) is 82.6 Å². The van der Waals surface area contributed by atoms with E-state index < -0.39 is 17.2 Å². The zero-order valence-corrected chi connectivity index (χ0v) is 17.5. The maximum absolute atomic E-state index is 13.2. The van der Waals surface area contributed by atoms with Crippen LogP contribution in [-0.2, 0) is 7.05 Å². The number of hydrogen-bond acceptors (Lipinski definition) is 5. The van der Waals surface area contributed by atoms with Gasteiger partial charge in [0, 0.05) is 37.1 Å². The molecule has 2 N–H and O–H groups in total. The molecule has 2 aromatic heterocycles. The number of carbonyl (C=O) groups excluding carboxylic acids is 1. The number of carbonyl (C=O) groups is 1. The van der Waals surface area contributed by atoms with Gasteiger partial charge in [-0.25, -0.2) is 9.67 Å². The van der Waals surface area contributed by atoms with Crippen LogP contribution in [0.5, 0.6) is 5.75 Å². The molecule has 2 aromatic carbocycles. The molecule has 1 atom stereocenters. The monoisotopic (exact) mass is 431 g/mol. The Hall–Kier alpha value is -4.40. The first-order chi connectivity index (χ1) is 15.5. The minimum Gasteiger partial charge on any atom is -0.497 e. The summed E-state index contributed by atoms with van der Waals surface area (Å²) in [6.45, 7) is 0. The van der Waals surface area contributed by atoms with Gasteiger partial charge in [-0.1, -0.05) is 18.2 Å². The van der Waals surface area contributed by atoms with E-state index in [9.17, 15) is 14.4 Å². The molecule has 0 aliphatic carbocycles. The zero-order valence-electron chi connectivity index (χ0n) is 17.5. The van der Waals surface area contributed by atoms with Crippen molar-refractivity contribution in [3.63, 3.8) is 0 Å². The highest BCUT2D eigenvalue weighted by molar-refractivity contribution is 5.95. The lowest BCUT2D eigenvalue weighted by Crippen LogP contribution is -2.31. The Morgan fingerprint density at radius 2 is 1.88 bits per heavy atom. The topological polar surface area (TPSA) is 111 Å². The third-order valence-corrected chi connectivity index (χ3v) is 5.03. The van der Waals surface area contributed by atoms with Gasteiger partial charge in [0.25, 0.3) is 17.0 Å². The summed E-state index contributed by atoms with van der Waals surface area (Å²) in [5.41, 5.74) is 0.693. The molecule has 4 rings (SSSR count). The van der Waals surface area contributed by atoms with Crippen LogP contribution < -0.4 is 21.2 Å². The number of rotatable bonds is 6. The van der Waals surface area contributed by atoms with Gasteiger partial charge in [0.05, 0.1) is 12.8 Å². The van der Waals surface area contributed by atoms with Crippen molar-refractivity contribution in [2.24, 2.45) is 7.05 Å². The SMILES string of the molecule is COc1ccc(C(NC(=O)c2cccc(-n3[nH]c(=O)ccc3=O)c2)c2nccn2C)cc1. The highest BCUT2D eigenvalue weighted by Gasteiger charge is 2.22. The van der Waals surface area contributed by atoms with Crippen molar-refractivity contribution >= 4 is 5.91 Å². The van der Waals surface area contributed by atoms with E-state index in [1.165, 1.54) is 12.1 Å². The molecular weight excluding hydrogens is 410 g/mol. The lowest BCUT2D eigenvalue weighted by Gasteiger charge is -2.20. The summed E-state index contributed by atoms with van der Waals surface area (Å²) in [5, 5.41) is 5.47. The van der Waals surface area contributed by atoms with Crippen molar-refractivity contribution in [2.45, 2.75) is 6.04 Å². The first-order valence-electron chi connectivity index (χ1n) is 9.81. The van der Waals surface area contributed by atoms with Gasteiger partial charge in [0.1, 0.15) is 17.6 Å². The molecule has 0 radical (unpaired) electrons. The Kier molecular flexibility index (Phi) is 5.71. The quantitative estimate of drug-likeness (QED) is 0.484. The molecule has 0 bridgehead atoms. The van der Waals surface area contributed by atoms with E-state index in [2.05, 4.69) is 15.4 Å². The number of ether oxygens (including phenoxy) is 1. The summed E-state index contributed by atoms with van der Waals surface area (Å²) in [4.78, 5) is 41.3. The number of H-pyrrole nitrogens is 1. The molecule has 2 heterocycles.